The first-order valence-electron chi connectivity index (χ1n) is 7.50. The summed E-state index contributed by atoms with van der Waals surface area (Å²) in [6, 6.07) is 0. The van der Waals surface area contributed by atoms with Gasteiger partial charge in [0.05, 0.1) is 11.7 Å². The van der Waals surface area contributed by atoms with Crippen molar-refractivity contribution in [3.63, 3.8) is 0 Å². The summed E-state index contributed by atoms with van der Waals surface area (Å²) >= 11 is 0. The molecule has 0 heterocycles. The summed E-state index contributed by atoms with van der Waals surface area (Å²) in [6.45, 7) is 0. The summed E-state index contributed by atoms with van der Waals surface area (Å²) in [4.78, 5) is 0. The van der Waals surface area contributed by atoms with Crippen molar-refractivity contribution in [3.8, 4) is 0 Å². The summed E-state index contributed by atoms with van der Waals surface area (Å²) in [6.07, 6.45) is 13.6. The standard InChI is InChI=1S/C15H28O2/c1-17-14-9-5-6-11-15(14,16)12-10-13-7-3-2-4-8-13/h13-14,16H,2-12H2,1H3. The van der Waals surface area contributed by atoms with E-state index in [2.05, 4.69) is 0 Å². The molecule has 0 aromatic heterocycles. The molecule has 2 heteroatoms. The molecule has 2 unspecified atom stereocenters. The maximum absolute atomic E-state index is 10.7. The normalized spacial score (nSPS) is 36.0. The van der Waals surface area contributed by atoms with Crippen LogP contribution in [-0.2, 0) is 4.74 Å². The molecule has 2 fully saturated rings. The fraction of sp³-hybridized carbons (Fsp3) is 1.00. The quantitative estimate of drug-likeness (QED) is 0.812. The van der Waals surface area contributed by atoms with Crippen molar-refractivity contribution in [3.05, 3.63) is 0 Å². The molecule has 0 saturated heterocycles. The molecule has 2 atom stereocenters. The topological polar surface area (TPSA) is 29.5 Å². The maximum Gasteiger partial charge on any atom is 0.0908 e. The highest BCUT2D eigenvalue weighted by atomic mass is 16.5. The third-order valence-corrected chi connectivity index (χ3v) is 4.92. The highest BCUT2D eigenvalue weighted by Gasteiger charge is 2.39. The zero-order chi connectivity index (χ0) is 12.1. The molecule has 1 N–H and O–H groups in total. The Morgan fingerprint density at radius 3 is 2.47 bits per heavy atom. The van der Waals surface area contributed by atoms with Crippen LogP contribution in [0.15, 0.2) is 0 Å². The van der Waals surface area contributed by atoms with Gasteiger partial charge in [0.15, 0.2) is 0 Å². The minimum Gasteiger partial charge on any atom is -0.387 e. The molecule has 0 aliphatic heterocycles. The van der Waals surface area contributed by atoms with Gasteiger partial charge in [0.2, 0.25) is 0 Å². The molecule has 2 rings (SSSR count). The number of rotatable bonds is 4. The Morgan fingerprint density at radius 1 is 1.06 bits per heavy atom. The predicted molar refractivity (Wildman–Crippen MR) is 70.0 cm³/mol. The molecular weight excluding hydrogens is 212 g/mol. The van der Waals surface area contributed by atoms with Crippen molar-refractivity contribution in [1.29, 1.82) is 0 Å². The van der Waals surface area contributed by atoms with Gasteiger partial charge in [-0.05, 0) is 31.6 Å². The van der Waals surface area contributed by atoms with Gasteiger partial charge in [0.1, 0.15) is 0 Å². The molecule has 0 radical (unpaired) electrons. The summed E-state index contributed by atoms with van der Waals surface area (Å²) in [5, 5.41) is 10.7. The molecule has 2 aliphatic carbocycles. The van der Waals surface area contributed by atoms with Crippen LogP contribution in [0.4, 0.5) is 0 Å². The van der Waals surface area contributed by atoms with Crippen LogP contribution in [0.25, 0.3) is 0 Å². The third-order valence-electron chi connectivity index (χ3n) is 4.92. The van der Waals surface area contributed by atoms with Gasteiger partial charge in [-0.3, -0.25) is 0 Å². The van der Waals surface area contributed by atoms with Crippen LogP contribution in [0.2, 0.25) is 0 Å². The van der Waals surface area contributed by atoms with Gasteiger partial charge in [0, 0.05) is 7.11 Å². The highest BCUT2D eigenvalue weighted by Crippen LogP contribution is 2.37. The van der Waals surface area contributed by atoms with Crippen molar-refractivity contribution in [2.24, 2.45) is 5.92 Å². The smallest absolute Gasteiger partial charge is 0.0908 e. The van der Waals surface area contributed by atoms with Crippen LogP contribution in [0.1, 0.15) is 70.6 Å². The third kappa shape index (κ3) is 3.45. The van der Waals surface area contributed by atoms with Gasteiger partial charge in [-0.1, -0.05) is 44.9 Å². The first kappa shape index (κ1) is 13.4. The number of methoxy groups -OCH3 is 1. The van der Waals surface area contributed by atoms with Gasteiger partial charge < -0.3 is 9.84 Å². The van der Waals surface area contributed by atoms with Crippen LogP contribution in [-0.4, -0.2) is 23.9 Å². The number of hydrogen-bond donors (Lipinski definition) is 1. The minimum absolute atomic E-state index is 0.0832. The molecule has 0 bridgehead atoms. The summed E-state index contributed by atoms with van der Waals surface area (Å²) in [5.74, 6) is 0.868. The molecule has 0 aromatic rings. The number of hydrogen-bond acceptors (Lipinski definition) is 2. The van der Waals surface area contributed by atoms with E-state index in [-0.39, 0.29) is 6.10 Å². The molecule has 100 valence electrons. The second kappa shape index (κ2) is 6.19. The molecular formula is C15H28O2. The lowest BCUT2D eigenvalue weighted by molar-refractivity contribution is -0.123. The van der Waals surface area contributed by atoms with Crippen molar-refractivity contribution < 1.29 is 9.84 Å². The fourth-order valence-electron chi connectivity index (χ4n) is 3.74. The van der Waals surface area contributed by atoms with Crippen LogP contribution >= 0.6 is 0 Å². The molecule has 0 amide bonds. The van der Waals surface area contributed by atoms with E-state index in [1.165, 1.54) is 51.4 Å². The van der Waals surface area contributed by atoms with E-state index in [4.69, 9.17) is 4.74 Å². The van der Waals surface area contributed by atoms with E-state index in [0.29, 0.717) is 0 Å². The fourth-order valence-corrected chi connectivity index (χ4v) is 3.74. The maximum atomic E-state index is 10.7. The Morgan fingerprint density at radius 2 is 1.76 bits per heavy atom. The van der Waals surface area contributed by atoms with E-state index in [0.717, 1.165) is 25.2 Å². The molecule has 2 saturated carbocycles. The lowest BCUT2D eigenvalue weighted by atomic mass is 9.76. The average Bonchev–Trinajstić information content (AvgIpc) is 2.38. The number of ether oxygens (including phenoxy) is 1. The van der Waals surface area contributed by atoms with Crippen molar-refractivity contribution in [2.45, 2.75) is 82.3 Å². The zero-order valence-electron chi connectivity index (χ0n) is 11.3. The molecule has 0 spiro atoms. The van der Waals surface area contributed by atoms with E-state index in [1.807, 2.05) is 0 Å². The average molecular weight is 240 g/mol. The number of aliphatic hydroxyl groups is 1. The van der Waals surface area contributed by atoms with Gasteiger partial charge in [-0.15, -0.1) is 0 Å². The lowest BCUT2D eigenvalue weighted by Gasteiger charge is -2.40. The van der Waals surface area contributed by atoms with Crippen LogP contribution < -0.4 is 0 Å². The van der Waals surface area contributed by atoms with Gasteiger partial charge in [-0.2, -0.15) is 0 Å². The van der Waals surface area contributed by atoms with E-state index in [9.17, 15) is 5.11 Å². The van der Waals surface area contributed by atoms with Crippen molar-refractivity contribution >= 4 is 0 Å². The van der Waals surface area contributed by atoms with Crippen LogP contribution in [0, 0.1) is 5.92 Å². The Bertz CT molecular complexity index is 223. The Labute approximate surface area is 106 Å². The summed E-state index contributed by atoms with van der Waals surface area (Å²) < 4.78 is 5.50. The second-order valence-electron chi connectivity index (χ2n) is 6.12. The Hall–Kier alpha value is -0.0800. The lowest BCUT2D eigenvalue weighted by Crippen LogP contribution is -2.46. The predicted octanol–water partition coefficient (Wildman–Crippen LogP) is 3.67. The first-order valence-corrected chi connectivity index (χ1v) is 7.50. The highest BCUT2D eigenvalue weighted by molar-refractivity contribution is 4.91. The molecule has 2 nitrogen and oxygen atoms in total. The van der Waals surface area contributed by atoms with Crippen LogP contribution in [0.5, 0.6) is 0 Å². The summed E-state index contributed by atoms with van der Waals surface area (Å²) in [5.41, 5.74) is -0.523. The van der Waals surface area contributed by atoms with Crippen molar-refractivity contribution in [2.75, 3.05) is 7.11 Å². The van der Waals surface area contributed by atoms with Crippen LogP contribution in [0.3, 0.4) is 0 Å². The van der Waals surface area contributed by atoms with Gasteiger partial charge >= 0.3 is 0 Å². The SMILES string of the molecule is COC1CCCCC1(O)CCC1CCCCC1. The monoisotopic (exact) mass is 240 g/mol. The zero-order valence-corrected chi connectivity index (χ0v) is 11.3. The van der Waals surface area contributed by atoms with Crippen molar-refractivity contribution in [1.82, 2.24) is 0 Å². The largest absolute Gasteiger partial charge is 0.387 e. The molecule has 17 heavy (non-hydrogen) atoms. The van der Waals surface area contributed by atoms with E-state index < -0.39 is 5.60 Å². The first-order chi connectivity index (χ1) is 8.24. The summed E-state index contributed by atoms with van der Waals surface area (Å²) in [7, 11) is 1.75. The Balaban J connectivity index is 1.82. The van der Waals surface area contributed by atoms with E-state index in [1.54, 1.807) is 7.11 Å². The second-order valence-corrected chi connectivity index (χ2v) is 6.12. The molecule has 2 aliphatic rings. The minimum atomic E-state index is -0.523. The van der Waals surface area contributed by atoms with E-state index >= 15 is 0 Å². The van der Waals surface area contributed by atoms with Gasteiger partial charge in [-0.25, -0.2) is 0 Å². The molecule has 0 aromatic carbocycles. The Kier molecular flexibility index (Phi) is 4.87. The van der Waals surface area contributed by atoms with Gasteiger partial charge in [0.25, 0.3) is 0 Å².